The standard InChI is InChI=1S/C19H23N3O4/c1-13(18(23)20-10-11-25-2)26-19(24)17-12-16(14-8-9-14)21-22(17)15-6-4-3-5-7-15/h3-7,12-14H,8-11H2,1-2H3,(H,20,23)/t13-/m0/s1. The van der Waals surface area contributed by atoms with Crippen LogP contribution in [-0.2, 0) is 14.3 Å². The smallest absolute Gasteiger partial charge is 0.357 e. The van der Waals surface area contributed by atoms with Gasteiger partial charge in [-0.2, -0.15) is 5.10 Å². The third-order valence-electron chi connectivity index (χ3n) is 4.19. The van der Waals surface area contributed by atoms with Gasteiger partial charge >= 0.3 is 5.97 Å². The molecule has 3 rings (SSSR count). The van der Waals surface area contributed by atoms with Gasteiger partial charge in [-0.15, -0.1) is 0 Å². The highest BCUT2D eigenvalue weighted by Crippen LogP contribution is 2.39. The molecule has 1 heterocycles. The van der Waals surface area contributed by atoms with Crippen molar-refractivity contribution < 1.29 is 19.1 Å². The number of benzene rings is 1. The minimum absolute atomic E-state index is 0.328. The number of ether oxygens (including phenoxy) is 2. The average Bonchev–Trinajstić information content (AvgIpc) is 3.40. The maximum atomic E-state index is 12.7. The Morgan fingerprint density at radius 3 is 2.69 bits per heavy atom. The van der Waals surface area contributed by atoms with E-state index in [1.807, 2.05) is 30.3 Å². The molecule has 1 fully saturated rings. The lowest BCUT2D eigenvalue weighted by Gasteiger charge is -2.14. The Bertz CT molecular complexity index is 768. The van der Waals surface area contributed by atoms with E-state index in [2.05, 4.69) is 10.4 Å². The van der Waals surface area contributed by atoms with Crippen LogP contribution < -0.4 is 5.32 Å². The highest BCUT2D eigenvalue weighted by molar-refractivity contribution is 5.91. The number of nitrogens with zero attached hydrogens (tertiary/aromatic N) is 2. The topological polar surface area (TPSA) is 82.4 Å². The molecule has 2 aromatic rings. The van der Waals surface area contributed by atoms with Gasteiger partial charge in [0.1, 0.15) is 0 Å². The van der Waals surface area contributed by atoms with Gasteiger partial charge in [-0.25, -0.2) is 9.48 Å². The van der Waals surface area contributed by atoms with Crippen LogP contribution in [0.2, 0.25) is 0 Å². The summed E-state index contributed by atoms with van der Waals surface area (Å²) in [6, 6.07) is 11.2. The molecule has 0 radical (unpaired) electrons. The summed E-state index contributed by atoms with van der Waals surface area (Å²) in [5.41, 5.74) is 2.00. The highest BCUT2D eigenvalue weighted by atomic mass is 16.5. The van der Waals surface area contributed by atoms with Crippen molar-refractivity contribution in [2.75, 3.05) is 20.3 Å². The van der Waals surface area contributed by atoms with Crippen molar-refractivity contribution in [2.24, 2.45) is 0 Å². The molecule has 1 saturated carbocycles. The van der Waals surface area contributed by atoms with Gasteiger partial charge in [-0.05, 0) is 38.0 Å². The summed E-state index contributed by atoms with van der Waals surface area (Å²) in [5, 5.41) is 7.23. The van der Waals surface area contributed by atoms with Crippen LogP contribution in [0.25, 0.3) is 5.69 Å². The molecule has 0 bridgehead atoms. The molecule has 1 aliphatic carbocycles. The monoisotopic (exact) mass is 357 g/mol. The first-order valence-corrected chi connectivity index (χ1v) is 8.73. The predicted octanol–water partition coefficient (Wildman–Crippen LogP) is 2.06. The largest absolute Gasteiger partial charge is 0.448 e. The summed E-state index contributed by atoms with van der Waals surface area (Å²) in [6.45, 7) is 2.31. The lowest BCUT2D eigenvalue weighted by atomic mass is 10.2. The number of methoxy groups -OCH3 is 1. The molecule has 0 spiro atoms. The van der Waals surface area contributed by atoms with E-state index in [1.54, 1.807) is 24.8 Å². The Morgan fingerprint density at radius 2 is 2.04 bits per heavy atom. The van der Waals surface area contributed by atoms with Crippen molar-refractivity contribution >= 4 is 11.9 Å². The third kappa shape index (κ3) is 4.29. The van der Waals surface area contributed by atoms with Crippen LogP contribution in [0, 0.1) is 0 Å². The summed E-state index contributed by atoms with van der Waals surface area (Å²) >= 11 is 0. The summed E-state index contributed by atoms with van der Waals surface area (Å²) in [4.78, 5) is 24.6. The van der Waals surface area contributed by atoms with E-state index in [9.17, 15) is 9.59 Å². The fourth-order valence-electron chi connectivity index (χ4n) is 2.58. The van der Waals surface area contributed by atoms with Crippen molar-refractivity contribution in [1.82, 2.24) is 15.1 Å². The Morgan fingerprint density at radius 1 is 1.31 bits per heavy atom. The Kier molecular flexibility index (Phi) is 5.68. The number of carbonyl (C=O) groups excluding carboxylic acids is 2. The first-order valence-electron chi connectivity index (χ1n) is 8.73. The number of hydrogen-bond donors (Lipinski definition) is 1. The van der Waals surface area contributed by atoms with E-state index in [-0.39, 0.29) is 5.91 Å². The zero-order valence-corrected chi connectivity index (χ0v) is 15.0. The van der Waals surface area contributed by atoms with E-state index in [1.165, 1.54) is 0 Å². The van der Waals surface area contributed by atoms with Crippen LogP contribution in [0.3, 0.4) is 0 Å². The maximum absolute atomic E-state index is 12.7. The number of esters is 1. The lowest BCUT2D eigenvalue weighted by molar-refractivity contribution is -0.129. The molecule has 1 atom stereocenters. The van der Waals surface area contributed by atoms with Gasteiger partial charge in [0.2, 0.25) is 0 Å². The lowest BCUT2D eigenvalue weighted by Crippen LogP contribution is -2.37. The van der Waals surface area contributed by atoms with Crippen molar-refractivity contribution in [3.63, 3.8) is 0 Å². The number of aromatic nitrogens is 2. The van der Waals surface area contributed by atoms with Crippen molar-refractivity contribution in [3.05, 3.63) is 47.8 Å². The molecule has 26 heavy (non-hydrogen) atoms. The molecule has 1 aromatic heterocycles. The Balaban J connectivity index is 1.75. The van der Waals surface area contributed by atoms with Gasteiger partial charge < -0.3 is 14.8 Å². The highest BCUT2D eigenvalue weighted by Gasteiger charge is 2.30. The number of para-hydroxylation sites is 1. The van der Waals surface area contributed by atoms with Gasteiger partial charge in [0.25, 0.3) is 5.91 Å². The number of hydrogen-bond acceptors (Lipinski definition) is 5. The zero-order valence-electron chi connectivity index (χ0n) is 15.0. The van der Waals surface area contributed by atoms with Crippen LogP contribution in [0.15, 0.2) is 36.4 Å². The molecule has 1 aliphatic rings. The molecule has 7 heteroatoms. The summed E-state index contributed by atoms with van der Waals surface area (Å²) < 4.78 is 11.8. The fraction of sp³-hybridized carbons (Fsp3) is 0.421. The van der Waals surface area contributed by atoms with E-state index in [0.717, 1.165) is 24.2 Å². The normalized spacial score (nSPS) is 14.7. The zero-order chi connectivity index (χ0) is 18.5. The second-order valence-corrected chi connectivity index (χ2v) is 6.31. The third-order valence-corrected chi connectivity index (χ3v) is 4.19. The maximum Gasteiger partial charge on any atom is 0.357 e. The van der Waals surface area contributed by atoms with Gasteiger partial charge in [-0.3, -0.25) is 4.79 Å². The van der Waals surface area contributed by atoms with E-state index >= 15 is 0 Å². The minimum atomic E-state index is -0.900. The number of nitrogens with one attached hydrogen (secondary N) is 1. The van der Waals surface area contributed by atoms with Gasteiger partial charge in [-0.1, -0.05) is 18.2 Å². The molecule has 0 unspecified atom stereocenters. The van der Waals surface area contributed by atoms with Gasteiger partial charge in [0.05, 0.1) is 18.0 Å². The molecule has 1 aromatic carbocycles. The second kappa shape index (κ2) is 8.14. The van der Waals surface area contributed by atoms with Crippen LogP contribution in [0.5, 0.6) is 0 Å². The van der Waals surface area contributed by atoms with Crippen molar-refractivity contribution in [1.29, 1.82) is 0 Å². The summed E-state index contributed by atoms with van der Waals surface area (Å²) in [7, 11) is 1.55. The molecule has 138 valence electrons. The van der Waals surface area contributed by atoms with Crippen LogP contribution >= 0.6 is 0 Å². The van der Waals surface area contributed by atoms with Gasteiger partial charge in [0.15, 0.2) is 11.8 Å². The van der Waals surface area contributed by atoms with Crippen LogP contribution in [0.1, 0.15) is 41.9 Å². The van der Waals surface area contributed by atoms with E-state index in [4.69, 9.17) is 9.47 Å². The quantitative estimate of drug-likeness (QED) is 0.578. The fourth-order valence-corrected chi connectivity index (χ4v) is 2.58. The predicted molar refractivity (Wildman–Crippen MR) is 95.3 cm³/mol. The number of carbonyl (C=O) groups is 2. The van der Waals surface area contributed by atoms with E-state index in [0.29, 0.717) is 24.8 Å². The first kappa shape index (κ1) is 18.1. The molecule has 7 nitrogen and oxygen atoms in total. The Hall–Kier alpha value is -2.67. The molecular weight excluding hydrogens is 334 g/mol. The van der Waals surface area contributed by atoms with E-state index < -0.39 is 12.1 Å². The molecule has 0 saturated heterocycles. The summed E-state index contributed by atoms with van der Waals surface area (Å²) in [6.07, 6.45) is 1.26. The molecular formula is C19H23N3O4. The summed E-state index contributed by atoms with van der Waals surface area (Å²) in [5.74, 6) is -0.521. The van der Waals surface area contributed by atoms with Crippen molar-refractivity contribution in [3.8, 4) is 5.69 Å². The minimum Gasteiger partial charge on any atom is -0.448 e. The van der Waals surface area contributed by atoms with Gasteiger partial charge in [0, 0.05) is 19.6 Å². The molecule has 0 aliphatic heterocycles. The van der Waals surface area contributed by atoms with Crippen LogP contribution in [0.4, 0.5) is 0 Å². The van der Waals surface area contributed by atoms with Crippen LogP contribution in [-0.4, -0.2) is 48.0 Å². The molecule has 1 N–H and O–H groups in total. The average molecular weight is 357 g/mol. The molecule has 1 amide bonds. The number of amides is 1. The number of rotatable bonds is 8. The SMILES string of the molecule is COCCNC(=O)[C@H](C)OC(=O)c1cc(C2CC2)nn1-c1ccccc1. The van der Waals surface area contributed by atoms with Crippen molar-refractivity contribution in [2.45, 2.75) is 31.8 Å². The first-order chi connectivity index (χ1) is 12.6. The second-order valence-electron chi connectivity index (χ2n) is 6.31. The Labute approximate surface area is 152 Å².